The molecular formula is C13H16N4. The summed E-state index contributed by atoms with van der Waals surface area (Å²) in [4.78, 5) is 0. The second kappa shape index (κ2) is 4.22. The third-order valence-corrected chi connectivity index (χ3v) is 3.34. The van der Waals surface area contributed by atoms with Gasteiger partial charge in [0.1, 0.15) is 0 Å². The molecule has 4 heteroatoms. The van der Waals surface area contributed by atoms with Gasteiger partial charge in [-0.3, -0.25) is 5.10 Å². The zero-order valence-electron chi connectivity index (χ0n) is 9.61. The molecule has 1 unspecified atom stereocenters. The van der Waals surface area contributed by atoms with Crippen molar-refractivity contribution < 1.29 is 0 Å². The zero-order chi connectivity index (χ0) is 11.7. The number of hydrogen-bond donors (Lipinski definition) is 3. The summed E-state index contributed by atoms with van der Waals surface area (Å²) in [6.07, 6.45) is 4.04. The van der Waals surface area contributed by atoms with Gasteiger partial charge in [0.25, 0.3) is 0 Å². The van der Waals surface area contributed by atoms with Gasteiger partial charge in [0.2, 0.25) is 0 Å². The Balaban J connectivity index is 1.71. The van der Waals surface area contributed by atoms with Crippen LogP contribution in [0.25, 0.3) is 0 Å². The Kier molecular flexibility index (Phi) is 2.57. The van der Waals surface area contributed by atoms with Crippen molar-refractivity contribution >= 4 is 5.69 Å². The minimum absolute atomic E-state index is 0.439. The van der Waals surface area contributed by atoms with Crippen LogP contribution in [0.3, 0.4) is 0 Å². The quantitative estimate of drug-likeness (QED) is 0.701. The molecule has 1 heterocycles. The number of aryl methyl sites for hydroxylation is 1. The Bertz CT molecular complexity index is 504. The molecule has 1 atom stereocenters. The van der Waals surface area contributed by atoms with E-state index in [1.54, 1.807) is 6.20 Å². The van der Waals surface area contributed by atoms with Crippen molar-refractivity contribution in [2.45, 2.75) is 25.4 Å². The van der Waals surface area contributed by atoms with Crippen LogP contribution in [0, 0.1) is 0 Å². The number of aromatic amines is 1. The van der Waals surface area contributed by atoms with Crippen LogP contribution in [0.2, 0.25) is 0 Å². The van der Waals surface area contributed by atoms with Crippen LogP contribution in [0.1, 0.15) is 29.3 Å². The summed E-state index contributed by atoms with van der Waals surface area (Å²) < 4.78 is 0. The molecule has 0 spiro atoms. The van der Waals surface area contributed by atoms with E-state index in [1.807, 2.05) is 12.1 Å². The molecule has 1 aromatic heterocycles. The largest absolute Gasteiger partial charge is 0.399 e. The lowest BCUT2D eigenvalue weighted by atomic mass is 10.1. The first-order valence-electron chi connectivity index (χ1n) is 5.93. The fourth-order valence-corrected chi connectivity index (χ4v) is 2.47. The second-order valence-corrected chi connectivity index (χ2v) is 4.51. The van der Waals surface area contributed by atoms with Gasteiger partial charge < -0.3 is 11.1 Å². The fourth-order valence-electron chi connectivity index (χ4n) is 2.47. The molecule has 0 saturated carbocycles. The first kappa shape index (κ1) is 10.4. The molecule has 88 valence electrons. The minimum Gasteiger partial charge on any atom is -0.399 e. The van der Waals surface area contributed by atoms with E-state index in [0.29, 0.717) is 6.04 Å². The first-order valence-corrected chi connectivity index (χ1v) is 5.93. The second-order valence-electron chi connectivity index (χ2n) is 4.51. The van der Waals surface area contributed by atoms with Gasteiger partial charge in [-0.25, -0.2) is 0 Å². The van der Waals surface area contributed by atoms with Crippen LogP contribution in [-0.4, -0.2) is 10.2 Å². The number of benzene rings is 1. The van der Waals surface area contributed by atoms with Crippen molar-refractivity contribution in [3.05, 3.63) is 47.3 Å². The van der Waals surface area contributed by atoms with Crippen molar-refractivity contribution in [1.29, 1.82) is 0 Å². The maximum Gasteiger partial charge on any atom is 0.0490 e. The fraction of sp³-hybridized carbons (Fsp3) is 0.308. The SMILES string of the molecule is Nc1ccc2c(c1)CCC2NCc1ccn[nH]1. The lowest BCUT2D eigenvalue weighted by molar-refractivity contribution is 0.525. The Morgan fingerprint density at radius 2 is 2.35 bits per heavy atom. The topological polar surface area (TPSA) is 66.7 Å². The summed E-state index contributed by atoms with van der Waals surface area (Å²) in [6, 6.07) is 8.64. The monoisotopic (exact) mass is 228 g/mol. The first-order chi connectivity index (χ1) is 8.33. The standard InChI is InChI=1S/C13H16N4/c14-10-2-3-12-9(7-10)1-4-13(12)15-8-11-5-6-16-17-11/h2-3,5-7,13,15H,1,4,8,14H2,(H,16,17). The molecule has 3 rings (SSSR count). The number of fused-ring (bicyclic) bond motifs is 1. The number of nitrogens with one attached hydrogen (secondary N) is 2. The van der Waals surface area contributed by atoms with E-state index in [0.717, 1.165) is 30.8 Å². The maximum absolute atomic E-state index is 5.79. The average Bonchev–Trinajstić information content (AvgIpc) is 2.94. The van der Waals surface area contributed by atoms with E-state index in [2.05, 4.69) is 27.6 Å². The van der Waals surface area contributed by atoms with Crippen LogP contribution in [0.5, 0.6) is 0 Å². The predicted octanol–water partition coefficient (Wildman–Crippen LogP) is 1.77. The lowest BCUT2D eigenvalue weighted by Crippen LogP contribution is -2.18. The highest BCUT2D eigenvalue weighted by Gasteiger charge is 2.21. The van der Waals surface area contributed by atoms with Crippen molar-refractivity contribution in [2.24, 2.45) is 0 Å². The average molecular weight is 228 g/mol. The number of H-pyrrole nitrogens is 1. The van der Waals surface area contributed by atoms with Crippen LogP contribution in [-0.2, 0) is 13.0 Å². The Morgan fingerprint density at radius 1 is 1.41 bits per heavy atom. The third kappa shape index (κ3) is 2.03. The van der Waals surface area contributed by atoms with Gasteiger partial charge in [0, 0.05) is 30.2 Å². The number of anilines is 1. The van der Waals surface area contributed by atoms with Crippen molar-refractivity contribution in [2.75, 3.05) is 5.73 Å². The van der Waals surface area contributed by atoms with Gasteiger partial charge in [-0.2, -0.15) is 5.10 Å². The number of nitrogens with two attached hydrogens (primary N) is 1. The molecule has 1 aliphatic rings. The van der Waals surface area contributed by atoms with E-state index >= 15 is 0 Å². The van der Waals surface area contributed by atoms with Crippen molar-refractivity contribution in [1.82, 2.24) is 15.5 Å². The number of nitrogen functional groups attached to an aromatic ring is 1. The van der Waals surface area contributed by atoms with E-state index in [-0.39, 0.29) is 0 Å². The van der Waals surface area contributed by atoms with Crippen LogP contribution >= 0.6 is 0 Å². The molecule has 0 amide bonds. The minimum atomic E-state index is 0.439. The van der Waals surface area contributed by atoms with Crippen LogP contribution in [0.4, 0.5) is 5.69 Å². The summed E-state index contributed by atoms with van der Waals surface area (Å²) >= 11 is 0. The van der Waals surface area contributed by atoms with E-state index in [9.17, 15) is 0 Å². The Labute approximate surface area is 100 Å². The predicted molar refractivity (Wildman–Crippen MR) is 67.3 cm³/mol. The molecule has 1 aliphatic carbocycles. The Hall–Kier alpha value is -1.81. The van der Waals surface area contributed by atoms with Gasteiger partial charge in [-0.05, 0) is 42.2 Å². The molecule has 0 radical (unpaired) electrons. The molecule has 1 aromatic carbocycles. The normalized spacial score (nSPS) is 18.2. The van der Waals surface area contributed by atoms with Crippen molar-refractivity contribution in [3.8, 4) is 0 Å². The molecule has 0 aliphatic heterocycles. The summed E-state index contributed by atoms with van der Waals surface area (Å²) in [5, 5.41) is 10.5. The summed E-state index contributed by atoms with van der Waals surface area (Å²) in [5.41, 5.74) is 10.5. The van der Waals surface area contributed by atoms with Gasteiger partial charge in [-0.1, -0.05) is 6.07 Å². The summed E-state index contributed by atoms with van der Waals surface area (Å²) in [6.45, 7) is 0.828. The van der Waals surface area contributed by atoms with Crippen LogP contribution < -0.4 is 11.1 Å². The van der Waals surface area contributed by atoms with Gasteiger partial charge in [0.05, 0.1) is 0 Å². The van der Waals surface area contributed by atoms with Gasteiger partial charge in [-0.15, -0.1) is 0 Å². The van der Waals surface area contributed by atoms with E-state index < -0.39 is 0 Å². The summed E-state index contributed by atoms with van der Waals surface area (Å²) in [7, 11) is 0. The van der Waals surface area contributed by atoms with Gasteiger partial charge >= 0.3 is 0 Å². The van der Waals surface area contributed by atoms with E-state index in [4.69, 9.17) is 5.73 Å². The number of aromatic nitrogens is 2. The molecule has 2 aromatic rings. The smallest absolute Gasteiger partial charge is 0.0490 e. The molecule has 0 fully saturated rings. The summed E-state index contributed by atoms with van der Waals surface area (Å²) in [5.74, 6) is 0. The number of hydrogen-bond acceptors (Lipinski definition) is 3. The van der Waals surface area contributed by atoms with Gasteiger partial charge in [0.15, 0.2) is 0 Å². The lowest BCUT2D eigenvalue weighted by Gasteiger charge is -2.13. The molecule has 17 heavy (non-hydrogen) atoms. The molecule has 0 saturated heterocycles. The zero-order valence-corrected chi connectivity index (χ0v) is 9.61. The third-order valence-electron chi connectivity index (χ3n) is 3.34. The highest BCUT2D eigenvalue weighted by atomic mass is 15.1. The van der Waals surface area contributed by atoms with Crippen LogP contribution in [0.15, 0.2) is 30.5 Å². The highest BCUT2D eigenvalue weighted by molar-refractivity contribution is 5.47. The molecular weight excluding hydrogens is 212 g/mol. The molecule has 0 bridgehead atoms. The van der Waals surface area contributed by atoms with E-state index in [1.165, 1.54) is 11.1 Å². The molecule has 4 nitrogen and oxygen atoms in total. The highest BCUT2D eigenvalue weighted by Crippen LogP contribution is 2.32. The molecule has 4 N–H and O–H groups in total. The maximum atomic E-state index is 5.79. The van der Waals surface area contributed by atoms with Crippen molar-refractivity contribution in [3.63, 3.8) is 0 Å². The Morgan fingerprint density at radius 3 is 3.18 bits per heavy atom. The number of nitrogens with zero attached hydrogens (tertiary/aromatic N) is 1. The number of rotatable bonds is 3.